The van der Waals surface area contributed by atoms with Gasteiger partial charge in [-0.15, -0.1) is 0 Å². The van der Waals surface area contributed by atoms with Gasteiger partial charge in [-0.05, 0) is 52.1 Å². The number of rotatable bonds is 5. The Morgan fingerprint density at radius 3 is 2.63 bits per heavy atom. The summed E-state index contributed by atoms with van der Waals surface area (Å²) in [6, 6.07) is 7.88. The van der Waals surface area contributed by atoms with E-state index in [2.05, 4.69) is 20.1 Å². The van der Waals surface area contributed by atoms with Crippen LogP contribution < -0.4 is 10.0 Å². The molecule has 3 rings (SSSR count). The quantitative estimate of drug-likeness (QED) is 0.700. The second-order valence-electron chi connectivity index (χ2n) is 6.42. The minimum absolute atomic E-state index is 0.0754. The van der Waals surface area contributed by atoms with E-state index < -0.39 is 10.0 Å². The van der Waals surface area contributed by atoms with Gasteiger partial charge in [0.25, 0.3) is 5.91 Å². The van der Waals surface area contributed by atoms with E-state index in [1.54, 1.807) is 29.1 Å². The van der Waals surface area contributed by atoms with Gasteiger partial charge in [0, 0.05) is 17.4 Å². The summed E-state index contributed by atoms with van der Waals surface area (Å²) in [4.78, 5) is 17.4. The predicted molar refractivity (Wildman–Crippen MR) is 103 cm³/mol. The fourth-order valence-electron chi connectivity index (χ4n) is 2.77. The summed E-state index contributed by atoms with van der Waals surface area (Å²) in [5.41, 5.74) is 2.16. The zero-order valence-electron chi connectivity index (χ0n) is 15.5. The van der Waals surface area contributed by atoms with Crippen LogP contribution in [0.5, 0.6) is 0 Å². The normalized spacial score (nSPS) is 11.9. The standard InChI is InChI=1S/C18H21N5O3S/c1-11(2)23-17-16(10-20-23)15(8-12(3)21-17)18(24)22-13-6-5-7-14(9-13)27(25,26)19-4/h5-11,19H,1-4H3,(H,22,24). The third-order valence-electron chi connectivity index (χ3n) is 4.10. The summed E-state index contributed by atoms with van der Waals surface area (Å²) in [6.45, 7) is 5.79. The van der Waals surface area contributed by atoms with E-state index in [9.17, 15) is 13.2 Å². The van der Waals surface area contributed by atoms with Gasteiger partial charge in [0.05, 0.1) is 22.0 Å². The first-order chi connectivity index (χ1) is 12.7. The molecule has 2 heterocycles. The van der Waals surface area contributed by atoms with E-state index >= 15 is 0 Å². The van der Waals surface area contributed by atoms with Crippen molar-refractivity contribution in [3.63, 3.8) is 0 Å². The summed E-state index contributed by atoms with van der Waals surface area (Å²) in [5.74, 6) is -0.354. The van der Waals surface area contributed by atoms with Crippen molar-refractivity contribution in [3.8, 4) is 0 Å². The number of hydrogen-bond acceptors (Lipinski definition) is 5. The maximum absolute atomic E-state index is 12.8. The number of aryl methyl sites for hydroxylation is 1. The van der Waals surface area contributed by atoms with Gasteiger partial charge in [-0.25, -0.2) is 22.8 Å². The summed E-state index contributed by atoms with van der Waals surface area (Å²) in [5, 5.41) is 7.73. The van der Waals surface area contributed by atoms with Crippen LogP contribution >= 0.6 is 0 Å². The van der Waals surface area contributed by atoms with E-state index in [4.69, 9.17) is 0 Å². The fraction of sp³-hybridized carbons (Fsp3) is 0.278. The molecule has 3 aromatic rings. The van der Waals surface area contributed by atoms with Crippen LogP contribution in [0.15, 0.2) is 41.4 Å². The lowest BCUT2D eigenvalue weighted by atomic mass is 10.1. The summed E-state index contributed by atoms with van der Waals surface area (Å²) < 4.78 is 27.9. The fourth-order valence-corrected chi connectivity index (χ4v) is 3.54. The Labute approximate surface area is 157 Å². The zero-order chi connectivity index (χ0) is 19.8. The van der Waals surface area contributed by atoms with Gasteiger partial charge in [0.1, 0.15) is 0 Å². The number of carbonyl (C=O) groups excluding carboxylic acids is 1. The average molecular weight is 387 g/mol. The molecule has 27 heavy (non-hydrogen) atoms. The monoisotopic (exact) mass is 387 g/mol. The molecule has 0 aliphatic heterocycles. The Balaban J connectivity index is 1.99. The minimum atomic E-state index is -3.59. The topological polar surface area (TPSA) is 106 Å². The maximum atomic E-state index is 12.8. The van der Waals surface area contributed by atoms with Crippen molar-refractivity contribution < 1.29 is 13.2 Å². The summed E-state index contributed by atoms with van der Waals surface area (Å²) >= 11 is 0. The average Bonchev–Trinajstić information content (AvgIpc) is 3.05. The highest BCUT2D eigenvalue weighted by atomic mass is 32.2. The smallest absolute Gasteiger partial charge is 0.256 e. The third kappa shape index (κ3) is 3.69. The van der Waals surface area contributed by atoms with Gasteiger partial charge in [-0.2, -0.15) is 5.10 Å². The number of anilines is 1. The van der Waals surface area contributed by atoms with E-state index in [-0.39, 0.29) is 16.8 Å². The SMILES string of the molecule is CNS(=O)(=O)c1cccc(NC(=O)c2cc(C)nc3c2cnn3C(C)C)c1. The molecule has 0 saturated carbocycles. The second-order valence-corrected chi connectivity index (χ2v) is 8.31. The van der Waals surface area contributed by atoms with Gasteiger partial charge in [-0.1, -0.05) is 6.07 Å². The molecule has 2 aromatic heterocycles. The van der Waals surface area contributed by atoms with Crippen molar-refractivity contribution in [2.45, 2.75) is 31.7 Å². The summed E-state index contributed by atoms with van der Waals surface area (Å²) in [6.07, 6.45) is 1.62. The van der Waals surface area contributed by atoms with Crippen molar-refractivity contribution in [1.29, 1.82) is 0 Å². The Bertz CT molecular complexity index is 1120. The molecule has 142 valence electrons. The lowest BCUT2D eigenvalue weighted by molar-refractivity contribution is 0.102. The molecule has 0 bridgehead atoms. The van der Waals surface area contributed by atoms with Gasteiger partial charge in [-0.3, -0.25) is 4.79 Å². The lowest BCUT2D eigenvalue weighted by Gasteiger charge is -2.10. The molecule has 2 N–H and O–H groups in total. The molecule has 1 aromatic carbocycles. The van der Waals surface area contributed by atoms with Crippen molar-refractivity contribution >= 4 is 32.7 Å². The number of benzene rings is 1. The molecular weight excluding hydrogens is 366 g/mol. The van der Waals surface area contributed by atoms with Crippen LogP contribution in [0.4, 0.5) is 5.69 Å². The molecule has 0 fully saturated rings. The molecule has 1 amide bonds. The van der Waals surface area contributed by atoms with Gasteiger partial charge in [0.15, 0.2) is 5.65 Å². The van der Waals surface area contributed by atoms with Gasteiger partial charge in [0.2, 0.25) is 10.0 Å². The van der Waals surface area contributed by atoms with Gasteiger partial charge >= 0.3 is 0 Å². The highest BCUT2D eigenvalue weighted by molar-refractivity contribution is 7.89. The highest BCUT2D eigenvalue weighted by Crippen LogP contribution is 2.23. The summed E-state index contributed by atoms with van der Waals surface area (Å²) in [7, 11) is -2.26. The number of hydrogen-bond donors (Lipinski definition) is 2. The second kappa shape index (κ2) is 7.09. The van der Waals surface area contributed by atoms with Crippen molar-refractivity contribution in [1.82, 2.24) is 19.5 Å². The van der Waals surface area contributed by atoms with E-state index in [1.165, 1.54) is 19.2 Å². The predicted octanol–water partition coefficient (Wildman–Crippen LogP) is 2.48. The Kier molecular flexibility index (Phi) is 4.99. The molecular formula is C18H21N5O3S. The number of nitrogens with one attached hydrogen (secondary N) is 2. The molecule has 9 heteroatoms. The van der Waals surface area contributed by atoms with Crippen LogP contribution in [0.25, 0.3) is 11.0 Å². The first kappa shape index (κ1) is 19.0. The van der Waals surface area contributed by atoms with Crippen LogP contribution in [-0.4, -0.2) is 36.1 Å². The van der Waals surface area contributed by atoms with E-state index in [0.717, 1.165) is 0 Å². The number of carbonyl (C=O) groups is 1. The number of amides is 1. The minimum Gasteiger partial charge on any atom is -0.322 e. The Morgan fingerprint density at radius 2 is 1.96 bits per heavy atom. The number of aromatic nitrogens is 3. The molecule has 0 atom stereocenters. The number of pyridine rings is 1. The van der Waals surface area contributed by atoms with Crippen LogP contribution in [0, 0.1) is 6.92 Å². The van der Waals surface area contributed by atoms with Crippen LogP contribution in [0.3, 0.4) is 0 Å². The molecule has 0 spiro atoms. The van der Waals surface area contributed by atoms with Crippen molar-refractivity contribution in [3.05, 3.63) is 47.8 Å². The third-order valence-corrected chi connectivity index (χ3v) is 5.51. The van der Waals surface area contributed by atoms with Gasteiger partial charge < -0.3 is 5.32 Å². The molecule has 0 aliphatic rings. The Morgan fingerprint density at radius 1 is 1.22 bits per heavy atom. The number of sulfonamides is 1. The molecule has 0 radical (unpaired) electrons. The van der Waals surface area contributed by atoms with Crippen molar-refractivity contribution in [2.24, 2.45) is 0 Å². The molecule has 0 aliphatic carbocycles. The van der Waals surface area contributed by atoms with Crippen LogP contribution in [-0.2, 0) is 10.0 Å². The molecule has 0 saturated heterocycles. The van der Waals surface area contributed by atoms with E-state index in [0.29, 0.717) is 28.0 Å². The first-order valence-electron chi connectivity index (χ1n) is 8.43. The van der Waals surface area contributed by atoms with Crippen LogP contribution in [0.2, 0.25) is 0 Å². The molecule has 0 unspecified atom stereocenters. The van der Waals surface area contributed by atoms with Crippen LogP contribution in [0.1, 0.15) is 35.9 Å². The maximum Gasteiger partial charge on any atom is 0.256 e. The number of nitrogens with zero attached hydrogens (tertiary/aromatic N) is 3. The van der Waals surface area contributed by atoms with Crippen molar-refractivity contribution in [2.75, 3.05) is 12.4 Å². The molecule has 8 nitrogen and oxygen atoms in total. The highest BCUT2D eigenvalue weighted by Gasteiger charge is 2.18. The largest absolute Gasteiger partial charge is 0.322 e. The zero-order valence-corrected chi connectivity index (χ0v) is 16.3. The number of fused-ring (bicyclic) bond motifs is 1. The van der Waals surface area contributed by atoms with E-state index in [1.807, 2.05) is 20.8 Å². The Hall–Kier alpha value is -2.78. The first-order valence-corrected chi connectivity index (χ1v) is 9.91. The lowest BCUT2D eigenvalue weighted by Crippen LogP contribution is -2.19.